The van der Waals surface area contributed by atoms with Gasteiger partial charge >= 0.3 is 0 Å². The average molecular weight is 316 g/mol. The SMILES string of the molecule is Cc1ccn(CC2(O)CCN(c3ccccc3F)CC2)c(=O)c1. The van der Waals surface area contributed by atoms with Crippen LogP contribution in [0.15, 0.2) is 47.4 Å². The first kappa shape index (κ1) is 15.7. The van der Waals surface area contributed by atoms with Gasteiger partial charge in [0.05, 0.1) is 17.8 Å². The Labute approximate surface area is 134 Å². The number of aromatic nitrogens is 1. The van der Waals surface area contributed by atoms with E-state index in [-0.39, 0.29) is 17.9 Å². The van der Waals surface area contributed by atoms with E-state index in [2.05, 4.69) is 0 Å². The molecular weight excluding hydrogens is 295 g/mol. The molecule has 0 saturated carbocycles. The molecule has 2 aromatic rings. The highest BCUT2D eigenvalue weighted by atomic mass is 19.1. The third kappa shape index (κ3) is 3.45. The molecule has 2 heterocycles. The lowest BCUT2D eigenvalue weighted by molar-refractivity contribution is -0.00100. The summed E-state index contributed by atoms with van der Waals surface area (Å²) in [6, 6.07) is 10.1. The van der Waals surface area contributed by atoms with Gasteiger partial charge in [-0.1, -0.05) is 12.1 Å². The van der Waals surface area contributed by atoms with Gasteiger partial charge in [0.25, 0.3) is 5.56 Å². The van der Waals surface area contributed by atoms with Crippen molar-refractivity contribution in [3.05, 3.63) is 64.3 Å². The highest BCUT2D eigenvalue weighted by Gasteiger charge is 2.33. The second kappa shape index (κ2) is 6.16. The number of aliphatic hydroxyl groups is 1. The summed E-state index contributed by atoms with van der Waals surface area (Å²) >= 11 is 0. The van der Waals surface area contributed by atoms with Gasteiger partial charge in [0.2, 0.25) is 0 Å². The Bertz CT molecular complexity index is 749. The summed E-state index contributed by atoms with van der Waals surface area (Å²) < 4.78 is 15.4. The summed E-state index contributed by atoms with van der Waals surface area (Å²) in [5, 5.41) is 10.8. The van der Waals surface area contributed by atoms with Gasteiger partial charge in [-0.25, -0.2) is 4.39 Å². The lowest BCUT2D eigenvalue weighted by atomic mass is 9.91. The van der Waals surface area contributed by atoms with Gasteiger partial charge in [-0.15, -0.1) is 0 Å². The zero-order valence-corrected chi connectivity index (χ0v) is 13.2. The molecule has 0 radical (unpaired) electrons. The number of anilines is 1. The van der Waals surface area contributed by atoms with Crippen molar-refractivity contribution in [3.63, 3.8) is 0 Å². The number of hydrogen-bond donors (Lipinski definition) is 1. The average Bonchev–Trinajstić information content (AvgIpc) is 2.52. The Morgan fingerprint density at radius 1 is 1.22 bits per heavy atom. The van der Waals surface area contributed by atoms with Crippen LogP contribution in [0.25, 0.3) is 0 Å². The number of halogens is 1. The predicted octanol–water partition coefficient (Wildman–Crippen LogP) is 2.33. The van der Waals surface area contributed by atoms with Gasteiger partial charge in [0, 0.05) is 25.4 Å². The Hall–Kier alpha value is -2.14. The second-order valence-corrected chi connectivity index (χ2v) is 6.33. The molecule has 5 heteroatoms. The van der Waals surface area contributed by atoms with Crippen LogP contribution in [0.1, 0.15) is 18.4 Å². The van der Waals surface area contributed by atoms with Gasteiger partial charge < -0.3 is 14.6 Å². The molecular formula is C18H21FN2O2. The third-order valence-corrected chi connectivity index (χ3v) is 4.50. The van der Waals surface area contributed by atoms with Crippen molar-refractivity contribution in [1.82, 2.24) is 4.57 Å². The van der Waals surface area contributed by atoms with E-state index in [0.29, 0.717) is 31.6 Å². The molecule has 1 N–H and O–H groups in total. The lowest BCUT2D eigenvalue weighted by Crippen LogP contribution is -2.48. The molecule has 3 rings (SSSR count). The van der Waals surface area contributed by atoms with E-state index in [1.807, 2.05) is 24.0 Å². The van der Waals surface area contributed by atoms with Crippen LogP contribution in [-0.2, 0) is 6.54 Å². The maximum atomic E-state index is 13.9. The molecule has 4 nitrogen and oxygen atoms in total. The van der Waals surface area contributed by atoms with Crippen LogP contribution in [0.5, 0.6) is 0 Å². The van der Waals surface area contributed by atoms with Crippen molar-refractivity contribution in [2.45, 2.75) is 31.9 Å². The second-order valence-electron chi connectivity index (χ2n) is 6.33. The fourth-order valence-electron chi connectivity index (χ4n) is 3.08. The molecule has 1 saturated heterocycles. The number of piperidine rings is 1. The third-order valence-electron chi connectivity index (χ3n) is 4.50. The van der Waals surface area contributed by atoms with Crippen LogP contribution in [0, 0.1) is 12.7 Å². The normalized spacial score (nSPS) is 17.3. The number of nitrogens with zero attached hydrogens (tertiary/aromatic N) is 2. The van der Waals surface area contributed by atoms with Crippen molar-refractivity contribution < 1.29 is 9.50 Å². The maximum absolute atomic E-state index is 13.9. The number of hydrogen-bond acceptors (Lipinski definition) is 3. The van der Waals surface area contributed by atoms with E-state index in [1.54, 1.807) is 29.0 Å². The fraction of sp³-hybridized carbons (Fsp3) is 0.389. The van der Waals surface area contributed by atoms with Crippen molar-refractivity contribution >= 4 is 5.69 Å². The largest absolute Gasteiger partial charge is 0.388 e. The van der Waals surface area contributed by atoms with Gasteiger partial charge in [0.1, 0.15) is 5.82 Å². The molecule has 0 unspecified atom stereocenters. The number of rotatable bonds is 3. The molecule has 23 heavy (non-hydrogen) atoms. The number of pyridine rings is 1. The van der Waals surface area contributed by atoms with E-state index < -0.39 is 5.60 Å². The predicted molar refractivity (Wildman–Crippen MR) is 88.2 cm³/mol. The highest BCUT2D eigenvalue weighted by molar-refractivity contribution is 5.48. The molecule has 1 aromatic carbocycles. The van der Waals surface area contributed by atoms with Crippen LogP contribution < -0.4 is 10.5 Å². The van der Waals surface area contributed by atoms with E-state index in [1.165, 1.54) is 6.07 Å². The summed E-state index contributed by atoms with van der Waals surface area (Å²) in [4.78, 5) is 13.9. The molecule has 122 valence electrons. The smallest absolute Gasteiger partial charge is 0.250 e. The number of para-hydroxylation sites is 1. The Kier molecular flexibility index (Phi) is 4.22. The minimum absolute atomic E-state index is 0.102. The first-order valence-electron chi connectivity index (χ1n) is 7.86. The van der Waals surface area contributed by atoms with E-state index in [4.69, 9.17) is 0 Å². The van der Waals surface area contributed by atoms with E-state index >= 15 is 0 Å². The lowest BCUT2D eigenvalue weighted by Gasteiger charge is -2.39. The van der Waals surface area contributed by atoms with Gasteiger partial charge in [-0.2, -0.15) is 0 Å². The van der Waals surface area contributed by atoms with Crippen molar-refractivity contribution in [3.8, 4) is 0 Å². The quantitative estimate of drug-likeness (QED) is 0.945. The minimum atomic E-state index is -0.930. The summed E-state index contributed by atoms with van der Waals surface area (Å²) in [5.41, 5.74) is 0.450. The monoisotopic (exact) mass is 316 g/mol. The topological polar surface area (TPSA) is 45.5 Å². The molecule has 0 bridgehead atoms. The Morgan fingerprint density at radius 2 is 1.91 bits per heavy atom. The standard InChI is InChI=1S/C18H21FN2O2/c1-14-6-9-21(17(22)12-14)13-18(23)7-10-20(11-8-18)16-5-3-2-4-15(16)19/h2-6,9,12,23H,7-8,10-11,13H2,1H3. The van der Waals surface area contributed by atoms with Crippen molar-refractivity contribution in [2.24, 2.45) is 0 Å². The van der Waals surface area contributed by atoms with Gasteiger partial charge in [-0.3, -0.25) is 4.79 Å². The molecule has 0 spiro atoms. The Morgan fingerprint density at radius 3 is 2.57 bits per heavy atom. The molecule has 1 aliphatic rings. The van der Waals surface area contributed by atoms with E-state index in [9.17, 15) is 14.3 Å². The van der Waals surface area contributed by atoms with Gasteiger partial charge in [0.15, 0.2) is 0 Å². The molecule has 1 fully saturated rings. The van der Waals surface area contributed by atoms with E-state index in [0.717, 1.165) is 5.56 Å². The van der Waals surface area contributed by atoms with Crippen molar-refractivity contribution in [2.75, 3.05) is 18.0 Å². The highest BCUT2D eigenvalue weighted by Crippen LogP contribution is 2.28. The summed E-state index contributed by atoms with van der Waals surface area (Å²) in [5.74, 6) is -0.243. The number of aryl methyl sites for hydroxylation is 1. The van der Waals surface area contributed by atoms with Crippen LogP contribution in [0.4, 0.5) is 10.1 Å². The van der Waals surface area contributed by atoms with Crippen molar-refractivity contribution in [1.29, 1.82) is 0 Å². The van der Waals surface area contributed by atoms with Crippen LogP contribution >= 0.6 is 0 Å². The zero-order chi connectivity index (χ0) is 16.4. The molecule has 1 aromatic heterocycles. The van der Waals surface area contributed by atoms with Crippen LogP contribution in [0.2, 0.25) is 0 Å². The molecule has 0 amide bonds. The maximum Gasteiger partial charge on any atom is 0.250 e. The summed E-state index contributed by atoms with van der Waals surface area (Å²) in [6.07, 6.45) is 2.72. The molecule has 1 aliphatic heterocycles. The summed E-state index contributed by atoms with van der Waals surface area (Å²) in [7, 11) is 0. The molecule has 0 aliphatic carbocycles. The summed E-state index contributed by atoms with van der Waals surface area (Å²) in [6.45, 7) is 3.28. The van der Waals surface area contributed by atoms with Crippen LogP contribution in [-0.4, -0.2) is 28.4 Å². The Balaban J connectivity index is 1.70. The van der Waals surface area contributed by atoms with Gasteiger partial charge in [-0.05, 0) is 43.5 Å². The fourth-order valence-corrected chi connectivity index (χ4v) is 3.08. The van der Waals surface area contributed by atoms with Crippen LogP contribution in [0.3, 0.4) is 0 Å². The number of benzene rings is 1. The first-order valence-corrected chi connectivity index (χ1v) is 7.86. The molecule has 0 atom stereocenters. The minimum Gasteiger partial charge on any atom is -0.388 e. The zero-order valence-electron chi connectivity index (χ0n) is 13.2. The first-order chi connectivity index (χ1) is 11.0.